The van der Waals surface area contributed by atoms with Gasteiger partial charge in [0.2, 0.25) is 0 Å². The van der Waals surface area contributed by atoms with Gasteiger partial charge in [-0.15, -0.1) is 0 Å². The molecule has 0 atom stereocenters. The molecule has 0 radical (unpaired) electrons. The minimum atomic E-state index is -0.0417. The van der Waals surface area contributed by atoms with E-state index >= 15 is 0 Å². The molecule has 0 unspecified atom stereocenters. The molecule has 1 aromatic carbocycles. The van der Waals surface area contributed by atoms with E-state index in [1.54, 1.807) is 6.07 Å². The van der Waals surface area contributed by atoms with Crippen molar-refractivity contribution in [2.75, 3.05) is 39.4 Å². The number of benzene rings is 1. The number of ether oxygens (including phenoxy) is 1. The van der Waals surface area contributed by atoms with Crippen LogP contribution in [0.4, 0.5) is 0 Å². The summed E-state index contributed by atoms with van der Waals surface area (Å²) in [5.74, 6) is -0.0370. The fraction of sp³-hybridized carbons (Fsp3) is 0.467. The second kappa shape index (κ2) is 9.29. The van der Waals surface area contributed by atoms with Crippen LogP contribution in [-0.2, 0) is 4.74 Å². The highest BCUT2D eigenvalue weighted by molar-refractivity contribution is 7.80. The third kappa shape index (κ3) is 6.39. The number of hydrazone groups is 1. The number of hydrogen-bond donors (Lipinski definition) is 4. The lowest BCUT2D eigenvalue weighted by molar-refractivity contribution is 0.0376. The number of rotatable bonds is 6. The molecule has 8 heteroatoms. The SMILES string of the molecule is Oc1ccc(/C=N/NC(=S)NCCCN2CCOCC2)c(O)c1. The zero-order chi connectivity index (χ0) is 16.5. The van der Waals surface area contributed by atoms with Crippen molar-refractivity contribution in [2.45, 2.75) is 6.42 Å². The maximum Gasteiger partial charge on any atom is 0.186 e. The summed E-state index contributed by atoms with van der Waals surface area (Å²) in [7, 11) is 0. The van der Waals surface area contributed by atoms with Crippen molar-refractivity contribution in [3.8, 4) is 11.5 Å². The van der Waals surface area contributed by atoms with E-state index in [9.17, 15) is 10.2 Å². The normalized spacial score (nSPS) is 15.7. The van der Waals surface area contributed by atoms with Crippen LogP contribution in [0.15, 0.2) is 23.3 Å². The molecule has 0 saturated carbocycles. The molecular formula is C15H22N4O3S. The van der Waals surface area contributed by atoms with E-state index in [1.165, 1.54) is 18.3 Å². The van der Waals surface area contributed by atoms with Crippen LogP contribution in [-0.4, -0.2) is 65.8 Å². The van der Waals surface area contributed by atoms with Crippen molar-refractivity contribution in [1.29, 1.82) is 0 Å². The zero-order valence-electron chi connectivity index (χ0n) is 12.9. The molecule has 0 spiro atoms. The van der Waals surface area contributed by atoms with Gasteiger partial charge >= 0.3 is 0 Å². The Morgan fingerprint density at radius 2 is 2.13 bits per heavy atom. The van der Waals surface area contributed by atoms with Crippen LogP contribution in [0.1, 0.15) is 12.0 Å². The fourth-order valence-corrected chi connectivity index (χ4v) is 2.33. The molecule has 1 fully saturated rings. The summed E-state index contributed by atoms with van der Waals surface area (Å²) >= 11 is 5.12. The summed E-state index contributed by atoms with van der Waals surface area (Å²) in [6.07, 6.45) is 2.43. The Kier molecular flexibility index (Phi) is 7.05. The van der Waals surface area contributed by atoms with E-state index in [1.807, 2.05) is 0 Å². The van der Waals surface area contributed by atoms with Crippen molar-refractivity contribution < 1.29 is 14.9 Å². The van der Waals surface area contributed by atoms with Crippen LogP contribution >= 0.6 is 12.2 Å². The predicted octanol–water partition coefficient (Wildman–Crippen LogP) is 0.618. The van der Waals surface area contributed by atoms with E-state index < -0.39 is 0 Å². The van der Waals surface area contributed by atoms with Gasteiger partial charge in [0.25, 0.3) is 0 Å². The minimum absolute atomic E-state index is 0.00469. The topological polar surface area (TPSA) is 89.4 Å². The zero-order valence-corrected chi connectivity index (χ0v) is 13.7. The first kappa shape index (κ1) is 17.5. The lowest BCUT2D eigenvalue weighted by atomic mass is 10.2. The van der Waals surface area contributed by atoms with Crippen LogP contribution in [0.2, 0.25) is 0 Å². The Bertz CT molecular complexity index is 548. The summed E-state index contributed by atoms with van der Waals surface area (Å²) in [6.45, 7) is 5.39. The molecule has 0 aliphatic carbocycles. The first-order chi connectivity index (χ1) is 11.1. The number of nitrogens with zero attached hydrogens (tertiary/aromatic N) is 2. The van der Waals surface area contributed by atoms with Gasteiger partial charge in [-0.3, -0.25) is 10.3 Å². The first-order valence-corrected chi connectivity index (χ1v) is 7.95. The standard InChI is InChI=1S/C15H22N4O3S/c20-13-3-2-12(14(21)10-13)11-17-18-15(23)16-4-1-5-19-6-8-22-9-7-19/h2-3,10-11,20-21H,1,4-9H2,(H2,16,18,23)/b17-11+. The third-order valence-electron chi connectivity index (χ3n) is 3.42. The Balaban J connectivity index is 1.61. The van der Waals surface area contributed by atoms with E-state index in [4.69, 9.17) is 17.0 Å². The van der Waals surface area contributed by atoms with E-state index in [0.717, 1.165) is 45.8 Å². The minimum Gasteiger partial charge on any atom is -0.508 e. The van der Waals surface area contributed by atoms with Gasteiger partial charge in [-0.05, 0) is 37.3 Å². The molecule has 1 aliphatic heterocycles. The summed E-state index contributed by atoms with van der Waals surface area (Å²) in [5, 5.41) is 26.3. The van der Waals surface area contributed by atoms with Gasteiger partial charge < -0.3 is 20.3 Å². The van der Waals surface area contributed by atoms with Crippen LogP contribution in [0.5, 0.6) is 11.5 Å². The maximum absolute atomic E-state index is 9.61. The molecule has 1 aliphatic rings. The average molecular weight is 338 g/mol. The van der Waals surface area contributed by atoms with Crippen LogP contribution in [0.3, 0.4) is 0 Å². The molecule has 4 N–H and O–H groups in total. The van der Waals surface area contributed by atoms with Gasteiger partial charge in [-0.1, -0.05) is 0 Å². The van der Waals surface area contributed by atoms with Gasteiger partial charge in [0.1, 0.15) is 11.5 Å². The highest BCUT2D eigenvalue weighted by Crippen LogP contribution is 2.20. The number of morpholine rings is 1. The first-order valence-electron chi connectivity index (χ1n) is 7.54. The Hall–Kier alpha value is -1.90. The number of phenols is 2. The lowest BCUT2D eigenvalue weighted by Crippen LogP contribution is -2.39. The van der Waals surface area contributed by atoms with Gasteiger partial charge in [-0.25, -0.2) is 0 Å². The molecule has 1 aromatic rings. The fourth-order valence-electron chi connectivity index (χ4n) is 2.17. The number of aromatic hydroxyl groups is 2. The van der Waals surface area contributed by atoms with Crippen molar-refractivity contribution in [3.63, 3.8) is 0 Å². The van der Waals surface area contributed by atoms with Gasteiger partial charge in [0.05, 0.1) is 19.4 Å². The van der Waals surface area contributed by atoms with E-state index in [2.05, 4.69) is 20.7 Å². The molecular weight excluding hydrogens is 316 g/mol. The molecule has 126 valence electrons. The quantitative estimate of drug-likeness (QED) is 0.262. The summed E-state index contributed by atoms with van der Waals surface area (Å²) in [5.41, 5.74) is 3.19. The van der Waals surface area contributed by atoms with E-state index in [0.29, 0.717) is 10.7 Å². The lowest BCUT2D eigenvalue weighted by Gasteiger charge is -2.26. The highest BCUT2D eigenvalue weighted by Gasteiger charge is 2.09. The largest absolute Gasteiger partial charge is 0.508 e. The summed E-state index contributed by atoms with van der Waals surface area (Å²) in [6, 6.07) is 4.29. The molecule has 23 heavy (non-hydrogen) atoms. The summed E-state index contributed by atoms with van der Waals surface area (Å²) < 4.78 is 5.30. The van der Waals surface area contributed by atoms with Crippen molar-refractivity contribution >= 4 is 23.5 Å². The molecule has 1 heterocycles. The molecule has 0 aromatic heterocycles. The smallest absolute Gasteiger partial charge is 0.186 e. The molecule has 2 rings (SSSR count). The average Bonchev–Trinajstić information content (AvgIpc) is 2.55. The number of hydrogen-bond acceptors (Lipinski definition) is 6. The molecule has 7 nitrogen and oxygen atoms in total. The Morgan fingerprint density at radius 3 is 2.87 bits per heavy atom. The third-order valence-corrected chi connectivity index (χ3v) is 3.66. The molecule has 1 saturated heterocycles. The van der Waals surface area contributed by atoms with E-state index in [-0.39, 0.29) is 11.5 Å². The number of nitrogens with one attached hydrogen (secondary N) is 2. The summed E-state index contributed by atoms with van der Waals surface area (Å²) in [4.78, 5) is 2.37. The van der Waals surface area contributed by atoms with Crippen LogP contribution in [0, 0.1) is 0 Å². The Labute approximate surface area is 140 Å². The highest BCUT2D eigenvalue weighted by atomic mass is 32.1. The van der Waals surface area contributed by atoms with Gasteiger partial charge in [0, 0.05) is 31.3 Å². The Morgan fingerprint density at radius 1 is 1.35 bits per heavy atom. The number of thiocarbonyl (C=S) groups is 1. The van der Waals surface area contributed by atoms with Gasteiger partial charge in [0.15, 0.2) is 5.11 Å². The van der Waals surface area contributed by atoms with Crippen LogP contribution < -0.4 is 10.7 Å². The molecule has 0 bridgehead atoms. The maximum atomic E-state index is 9.61. The van der Waals surface area contributed by atoms with Crippen LogP contribution in [0.25, 0.3) is 0 Å². The van der Waals surface area contributed by atoms with Crippen molar-refractivity contribution in [1.82, 2.24) is 15.6 Å². The second-order valence-electron chi connectivity index (χ2n) is 5.18. The predicted molar refractivity (Wildman–Crippen MR) is 93.0 cm³/mol. The monoisotopic (exact) mass is 338 g/mol. The number of phenolic OH excluding ortho intramolecular Hbond substituents is 2. The van der Waals surface area contributed by atoms with Crippen molar-refractivity contribution in [2.24, 2.45) is 5.10 Å². The second-order valence-corrected chi connectivity index (χ2v) is 5.58. The van der Waals surface area contributed by atoms with Crippen molar-refractivity contribution in [3.05, 3.63) is 23.8 Å². The molecule has 0 amide bonds. The van der Waals surface area contributed by atoms with Gasteiger partial charge in [-0.2, -0.15) is 5.10 Å².